The normalized spacial score (nSPS) is 16.2. The van der Waals surface area contributed by atoms with Gasteiger partial charge in [-0.25, -0.2) is 4.79 Å². The van der Waals surface area contributed by atoms with Crippen LogP contribution in [-0.2, 0) is 19.9 Å². The SMILES string of the molecule is C[N+]1(CCOC(=O)C(O)(c2ccccc2)c2ccccc2)CCOCC1.[I-]. The van der Waals surface area contributed by atoms with Crippen LogP contribution in [0.2, 0.25) is 0 Å². The first-order valence-corrected chi connectivity index (χ1v) is 8.97. The maximum absolute atomic E-state index is 12.9. The van der Waals surface area contributed by atoms with Gasteiger partial charge in [0.15, 0.2) is 0 Å². The number of benzene rings is 2. The van der Waals surface area contributed by atoms with Crippen LogP contribution >= 0.6 is 0 Å². The quantitative estimate of drug-likeness (QED) is 0.324. The summed E-state index contributed by atoms with van der Waals surface area (Å²) < 4.78 is 11.7. The van der Waals surface area contributed by atoms with E-state index in [-0.39, 0.29) is 30.6 Å². The second-order valence-electron chi connectivity index (χ2n) is 6.98. The molecule has 0 aliphatic carbocycles. The van der Waals surface area contributed by atoms with Crippen LogP contribution in [0.1, 0.15) is 11.1 Å². The molecule has 1 fully saturated rings. The number of carbonyl (C=O) groups is 1. The molecule has 2 aromatic carbocycles. The Labute approximate surface area is 177 Å². The Balaban J connectivity index is 0.00000261. The van der Waals surface area contributed by atoms with Crippen molar-refractivity contribution in [3.05, 3.63) is 71.8 Å². The Bertz CT molecular complexity index is 678. The van der Waals surface area contributed by atoms with Crippen molar-refractivity contribution >= 4 is 5.97 Å². The highest BCUT2D eigenvalue weighted by Crippen LogP contribution is 2.31. The fourth-order valence-electron chi connectivity index (χ4n) is 3.23. The molecule has 0 unspecified atom stereocenters. The summed E-state index contributed by atoms with van der Waals surface area (Å²) in [5, 5.41) is 11.3. The molecule has 146 valence electrons. The molecule has 2 aromatic rings. The van der Waals surface area contributed by atoms with Crippen molar-refractivity contribution in [1.82, 2.24) is 0 Å². The summed E-state index contributed by atoms with van der Waals surface area (Å²) in [4.78, 5) is 12.9. The van der Waals surface area contributed by atoms with E-state index in [4.69, 9.17) is 9.47 Å². The number of likely N-dealkylation sites (N-methyl/N-ethyl adjacent to an activating group) is 1. The van der Waals surface area contributed by atoms with Crippen LogP contribution in [0.4, 0.5) is 0 Å². The van der Waals surface area contributed by atoms with Crippen LogP contribution in [0.15, 0.2) is 60.7 Å². The molecule has 0 aromatic heterocycles. The molecule has 1 aliphatic rings. The molecule has 1 N–H and O–H groups in total. The van der Waals surface area contributed by atoms with Gasteiger partial charge in [0.05, 0.1) is 20.3 Å². The van der Waals surface area contributed by atoms with Crippen molar-refractivity contribution < 1.29 is 47.8 Å². The highest BCUT2D eigenvalue weighted by atomic mass is 127. The van der Waals surface area contributed by atoms with Gasteiger partial charge >= 0.3 is 5.97 Å². The molecule has 0 saturated carbocycles. The number of morpholine rings is 1. The van der Waals surface area contributed by atoms with Crippen LogP contribution in [0.3, 0.4) is 0 Å². The minimum absolute atomic E-state index is 0. The van der Waals surface area contributed by atoms with E-state index in [1.165, 1.54) is 0 Å². The summed E-state index contributed by atoms with van der Waals surface area (Å²) in [6, 6.07) is 17.9. The van der Waals surface area contributed by atoms with Crippen LogP contribution in [0, 0.1) is 0 Å². The Morgan fingerprint density at radius 3 is 2.00 bits per heavy atom. The van der Waals surface area contributed by atoms with Gasteiger partial charge in [0.25, 0.3) is 0 Å². The van der Waals surface area contributed by atoms with Crippen molar-refractivity contribution in [2.75, 3.05) is 46.5 Å². The van der Waals surface area contributed by atoms with Crippen molar-refractivity contribution in [1.29, 1.82) is 0 Å². The van der Waals surface area contributed by atoms with Gasteiger partial charge in [-0.3, -0.25) is 0 Å². The van der Waals surface area contributed by atoms with Gasteiger partial charge in [0.1, 0.15) is 26.2 Å². The Hall–Kier alpha value is -1.48. The average Bonchev–Trinajstić information content (AvgIpc) is 2.69. The molecular weight excluding hydrogens is 457 g/mol. The topological polar surface area (TPSA) is 55.8 Å². The number of hydrogen-bond donors (Lipinski definition) is 1. The predicted octanol–water partition coefficient (Wildman–Crippen LogP) is -1.05. The maximum Gasteiger partial charge on any atom is 0.347 e. The Morgan fingerprint density at radius 1 is 1.04 bits per heavy atom. The van der Waals surface area contributed by atoms with Gasteiger partial charge in [0.2, 0.25) is 5.60 Å². The molecule has 1 aliphatic heterocycles. The second kappa shape index (κ2) is 9.64. The zero-order valence-corrected chi connectivity index (χ0v) is 17.7. The van der Waals surface area contributed by atoms with Gasteiger partial charge in [-0.2, -0.15) is 0 Å². The van der Waals surface area contributed by atoms with Crippen LogP contribution in [-0.4, -0.2) is 62.1 Å². The number of hydrogen-bond acceptors (Lipinski definition) is 4. The highest BCUT2D eigenvalue weighted by molar-refractivity contribution is 5.85. The molecule has 0 spiro atoms. The Morgan fingerprint density at radius 2 is 1.52 bits per heavy atom. The largest absolute Gasteiger partial charge is 1.00 e. The summed E-state index contributed by atoms with van der Waals surface area (Å²) in [6.07, 6.45) is 0. The van der Waals surface area contributed by atoms with E-state index in [1.807, 2.05) is 12.1 Å². The molecule has 27 heavy (non-hydrogen) atoms. The molecule has 6 heteroatoms. The Kier molecular flexibility index (Phi) is 7.79. The summed E-state index contributed by atoms with van der Waals surface area (Å²) in [5.41, 5.74) is -0.808. The zero-order valence-electron chi connectivity index (χ0n) is 15.5. The number of carbonyl (C=O) groups excluding carboxylic acids is 1. The van der Waals surface area contributed by atoms with E-state index >= 15 is 0 Å². The van der Waals surface area contributed by atoms with E-state index in [2.05, 4.69) is 7.05 Å². The lowest BCUT2D eigenvalue weighted by atomic mass is 9.86. The van der Waals surface area contributed by atoms with E-state index in [9.17, 15) is 9.90 Å². The zero-order chi connectivity index (χ0) is 18.5. The van der Waals surface area contributed by atoms with Crippen LogP contribution in [0.25, 0.3) is 0 Å². The summed E-state index contributed by atoms with van der Waals surface area (Å²) in [5.74, 6) is -0.644. The molecule has 0 atom stereocenters. The van der Waals surface area contributed by atoms with Crippen molar-refractivity contribution in [3.63, 3.8) is 0 Å². The number of ether oxygens (including phenoxy) is 2. The minimum atomic E-state index is -1.81. The number of halogens is 1. The third-order valence-corrected chi connectivity index (χ3v) is 5.09. The summed E-state index contributed by atoms with van der Waals surface area (Å²) in [6.45, 7) is 4.22. The number of rotatable bonds is 6. The number of nitrogens with zero attached hydrogens (tertiary/aromatic N) is 1. The van der Waals surface area contributed by atoms with Gasteiger partial charge in [0, 0.05) is 0 Å². The first-order chi connectivity index (χ1) is 12.5. The minimum Gasteiger partial charge on any atom is -1.00 e. The molecular formula is C21H26INO4. The van der Waals surface area contributed by atoms with Gasteiger partial charge in [-0.05, 0) is 11.1 Å². The average molecular weight is 483 g/mol. The fraction of sp³-hybridized carbons (Fsp3) is 0.381. The van der Waals surface area contributed by atoms with Crippen LogP contribution < -0.4 is 24.0 Å². The van der Waals surface area contributed by atoms with Crippen molar-refractivity contribution in [3.8, 4) is 0 Å². The third kappa shape index (κ3) is 5.07. The van der Waals surface area contributed by atoms with Crippen molar-refractivity contribution in [2.45, 2.75) is 5.60 Å². The molecule has 1 saturated heterocycles. The highest BCUT2D eigenvalue weighted by Gasteiger charge is 2.42. The number of esters is 1. The van der Waals surface area contributed by atoms with E-state index < -0.39 is 11.6 Å². The van der Waals surface area contributed by atoms with E-state index in [0.717, 1.165) is 30.8 Å². The monoisotopic (exact) mass is 483 g/mol. The van der Waals surface area contributed by atoms with Gasteiger partial charge in [-0.1, -0.05) is 60.7 Å². The predicted molar refractivity (Wildman–Crippen MR) is 98.4 cm³/mol. The standard InChI is InChI=1S/C21H26NO4.HI/c1-22(12-15-25-16-13-22)14-17-26-20(23)21(24,18-8-4-2-5-9-18)19-10-6-3-7-11-19;/h2-11,24H,12-17H2,1H3;1H/q+1;/p-1. The smallest absolute Gasteiger partial charge is 0.347 e. The number of aliphatic hydroxyl groups is 1. The first kappa shape index (κ1) is 21.8. The lowest BCUT2D eigenvalue weighted by molar-refractivity contribution is -0.917. The number of quaternary nitrogens is 1. The second-order valence-corrected chi connectivity index (χ2v) is 6.98. The molecule has 0 amide bonds. The molecule has 0 radical (unpaired) electrons. The lowest BCUT2D eigenvalue weighted by Crippen LogP contribution is -3.00. The van der Waals surface area contributed by atoms with E-state index in [1.54, 1.807) is 48.5 Å². The lowest BCUT2D eigenvalue weighted by Gasteiger charge is -2.37. The molecule has 3 rings (SSSR count). The summed E-state index contributed by atoms with van der Waals surface area (Å²) >= 11 is 0. The van der Waals surface area contributed by atoms with Crippen LogP contribution in [0.5, 0.6) is 0 Å². The van der Waals surface area contributed by atoms with Crippen molar-refractivity contribution in [2.24, 2.45) is 0 Å². The summed E-state index contributed by atoms with van der Waals surface area (Å²) in [7, 11) is 2.14. The van der Waals surface area contributed by atoms with Gasteiger partial charge in [-0.15, -0.1) is 0 Å². The van der Waals surface area contributed by atoms with Gasteiger partial charge < -0.3 is 43.0 Å². The third-order valence-electron chi connectivity index (χ3n) is 5.09. The van der Waals surface area contributed by atoms with E-state index in [0.29, 0.717) is 17.7 Å². The fourth-order valence-corrected chi connectivity index (χ4v) is 3.23. The first-order valence-electron chi connectivity index (χ1n) is 8.97. The molecule has 0 bridgehead atoms. The molecule has 1 heterocycles. The maximum atomic E-state index is 12.9. The molecule has 5 nitrogen and oxygen atoms in total.